The van der Waals surface area contributed by atoms with Gasteiger partial charge >= 0.3 is 0 Å². The van der Waals surface area contributed by atoms with Crippen LogP contribution in [0.15, 0.2) is 212 Å². The lowest BCUT2D eigenvalue weighted by atomic mass is 9.70. The monoisotopic (exact) mass is 773 g/mol. The fourth-order valence-electron chi connectivity index (χ4n) is 9.96. The largest absolute Gasteiger partial charge is 0.238 e. The second-order valence-corrected chi connectivity index (χ2v) is 16.0. The molecular formula is C58H35N3. The zero-order valence-electron chi connectivity index (χ0n) is 33.0. The molecule has 0 saturated heterocycles. The second kappa shape index (κ2) is 13.7. The van der Waals surface area contributed by atoms with Gasteiger partial charge in [-0.1, -0.05) is 194 Å². The summed E-state index contributed by atoms with van der Waals surface area (Å²) in [6, 6.07) is 75.6. The van der Waals surface area contributed by atoms with Crippen LogP contribution in [0.2, 0.25) is 0 Å². The number of nitrogens with zero attached hydrogens (tertiary/aromatic N) is 3. The smallest absolute Gasteiger partial charge is 0.187 e. The van der Waals surface area contributed by atoms with Gasteiger partial charge in [0, 0.05) is 16.7 Å². The highest BCUT2D eigenvalue weighted by Gasteiger charge is 2.51. The Bertz CT molecular complexity index is 3360. The third-order valence-corrected chi connectivity index (χ3v) is 12.8. The lowest BCUT2D eigenvalue weighted by Gasteiger charge is -2.30. The van der Waals surface area contributed by atoms with Gasteiger partial charge in [-0.05, 0) is 95.7 Å². The number of hydrogen-bond acceptors (Lipinski definition) is 2. The van der Waals surface area contributed by atoms with Crippen molar-refractivity contribution in [2.24, 2.45) is 0 Å². The minimum absolute atomic E-state index is 0.461. The molecule has 2 aliphatic rings. The molecular weight excluding hydrogens is 739 g/mol. The molecule has 1 heterocycles. The predicted molar refractivity (Wildman–Crippen MR) is 249 cm³/mol. The van der Waals surface area contributed by atoms with Crippen LogP contribution >= 0.6 is 0 Å². The van der Waals surface area contributed by atoms with E-state index in [1.807, 2.05) is 12.1 Å². The minimum atomic E-state index is -0.461. The zero-order chi connectivity index (χ0) is 40.5. The maximum absolute atomic E-state index is 7.82. The Hall–Kier alpha value is -8.19. The van der Waals surface area contributed by atoms with Crippen LogP contribution in [0, 0.1) is 6.57 Å². The van der Waals surface area contributed by atoms with Crippen molar-refractivity contribution >= 4 is 16.5 Å². The van der Waals surface area contributed by atoms with E-state index >= 15 is 0 Å². The highest BCUT2D eigenvalue weighted by Crippen LogP contribution is 2.63. The molecule has 0 N–H and O–H groups in total. The molecule has 3 heteroatoms. The molecule has 2 aliphatic carbocycles. The van der Waals surface area contributed by atoms with Gasteiger partial charge in [0.1, 0.15) is 0 Å². The molecule has 282 valence electrons. The summed E-state index contributed by atoms with van der Waals surface area (Å²) < 4.78 is 0. The normalized spacial score (nSPS) is 12.7. The van der Waals surface area contributed by atoms with Gasteiger partial charge in [-0.2, -0.15) is 0 Å². The van der Waals surface area contributed by atoms with Crippen molar-refractivity contribution < 1.29 is 0 Å². The highest BCUT2D eigenvalue weighted by atomic mass is 14.9. The highest BCUT2D eigenvalue weighted by molar-refractivity contribution is 5.97. The Morgan fingerprint density at radius 3 is 1.54 bits per heavy atom. The summed E-state index contributed by atoms with van der Waals surface area (Å²) >= 11 is 0. The molecule has 0 fully saturated rings. The van der Waals surface area contributed by atoms with Crippen molar-refractivity contribution in [2.45, 2.75) is 5.41 Å². The molecule has 0 atom stereocenters. The van der Waals surface area contributed by atoms with Crippen molar-refractivity contribution in [3.05, 3.63) is 246 Å². The first-order valence-corrected chi connectivity index (χ1v) is 20.7. The van der Waals surface area contributed by atoms with E-state index in [4.69, 9.17) is 16.5 Å². The van der Waals surface area contributed by atoms with Crippen LogP contribution in [0.5, 0.6) is 0 Å². The number of rotatable bonds is 5. The first-order valence-electron chi connectivity index (χ1n) is 20.7. The van der Waals surface area contributed by atoms with Gasteiger partial charge in [-0.15, -0.1) is 0 Å². The van der Waals surface area contributed by atoms with E-state index < -0.39 is 5.41 Å². The summed E-state index contributed by atoms with van der Waals surface area (Å²) in [7, 11) is 0. The summed E-state index contributed by atoms with van der Waals surface area (Å²) in [5.74, 6) is 0.712. The molecule has 0 amide bonds. The molecule has 0 saturated carbocycles. The van der Waals surface area contributed by atoms with Crippen molar-refractivity contribution in [3.63, 3.8) is 0 Å². The zero-order valence-corrected chi connectivity index (χ0v) is 33.0. The van der Waals surface area contributed by atoms with Gasteiger partial charge in [0.25, 0.3) is 0 Å². The molecule has 9 aromatic carbocycles. The van der Waals surface area contributed by atoms with Crippen LogP contribution in [0.3, 0.4) is 0 Å². The van der Waals surface area contributed by atoms with Crippen LogP contribution in [-0.2, 0) is 5.41 Å². The van der Waals surface area contributed by atoms with Crippen LogP contribution in [0.1, 0.15) is 22.3 Å². The first kappa shape index (κ1) is 34.8. The molecule has 0 unspecified atom stereocenters. The summed E-state index contributed by atoms with van der Waals surface area (Å²) in [5, 5.41) is 2.30. The van der Waals surface area contributed by atoms with Crippen molar-refractivity contribution in [3.8, 4) is 78.4 Å². The molecule has 61 heavy (non-hydrogen) atoms. The maximum atomic E-state index is 7.82. The number of aromatic nitrogens is 2. The predicted octanol–water partition coefficient (Wildman–Crippen LogP) is 14.9. The summed E-state index contributed by atoms with van der Waals surface area (Å²) in [5.41, 5.74) is 19.7. The van der Waals surface area contributed by atoms with Crippen molar-refractivity contribution in [1.82, 2.24) is 9.97 Å². The van der Waals surface area contributed by atoms with Crippen LogP contribution in [-0.4, -0.2) is 9.97 Å². The van der Waals surface area contributed by atoms with Crippen molar-refractivity contribution in [1.29, 1.82) is 0 Å². The van der Waals surface area contributed by atoms with Gasteiger partial charge in [0.2, 0.25) is 0 Å². The van der Waals surface area contributed by atoms with Crippen molar-refractivity contribution in [2.75, 3.05) is 0 Å². The SMILES string of the molecule is [C-]#[N+]c1ccc2c(c1)-c1ccc(-c3ccc(-c4ccc(-c5cc(-c6ccccc6)nc(-c6cccc7ccccc67)n5)cc4)cc3)cc1C21c2ccccc2-c2ccccc21. The minimum Gasteiger partial charge on any atom is -0.238 e. The summed E-state index contributed by atoms with van der Waals surface area (Å²) in [4.78, 5) is 14.1. The standard InChI is InChI=1S/C58H35N3/c1-59-44-31-33-53-50(35-44)48-32-30-43(34-54(48)58(53)51-20-9-7-17-46(51)47-18-8-10-21-52(47)58)39-24-22-37(23-25-39)38-26-28-42(29-27-38)56-36-55(41-13-3-2-4-14-41)60-57(61-56)49-19-11-15-40-12-5-6-16-45(40)49/h2-36H. The van der Waals surface area contributed by atoms with E-state index in [1.54, 1.807) is 0 Å². The molecule has 1 spiro atoms. The van der Waals surface area contributed by atoms with Crippen LogP contribution in [0.4, 0.5) is 5.69 Å². The Morgan fingerprint density at radius 2 is 0.852 bits per heavy atom. The van der Waals surface area contributed by atoms with Crippen LogP contribution in [0.25, 0.3) is 94.0 Å². The average Bonchev–Trinajstić information content (AvgIpc) is 3.80. The molecule has 0 radical (unpaired) electrons. The van der Waals surface area contributed by atoms with E-state index in [0.29, 0.717) is 11.5 Å². The van der Waals surface area contributed by atoms with Gasteiger partial charge in [-0.3, -0.25) is 0 Å². The summed E-state index contributed by atoms with van der Waals surface area (Å²) in [6.07, 6.45) is 0. The van der Waals surface area contributed by atoms with E-state index in [0.717, 1.165) is 61.1 Å². The van der Waals surface area contributed by atoms with Gasteiger partial charge in [0.15, 0.2) is 11.5 Å². The van der Waals surface area contributed by atoms with E-state index in [2.05, 4.69) is 205 Å². The molecule has 0 aliphatic heterocycles. The maximum Gasteiger partial charge on any atom is 0.187 e. The van der Waals surface area contributed by atoms with Gasteiger partial charge < -0.3 is 0 Å². The number of fused-ring (bicyclic) bond motifs is 11. The third kappa shape index (κ3) is 5.36. The molecule has 1 aromatic heterocycles. The fourth-order valence-corrected chi connectivity index (χ4v) is 9.96. The Morgan fingerprint density at radius 1 is 0.344 bits per heavy atom. The number of benzene rings is 9. The van der Waals surface area contributed by atoms with Crippen LogP contribution < -0.4 is 0 Å². The van der Waals surface area contributed by atoms with Gasteiger partial charge in [0.05, 0.1) is 23.4 Å². The fraction of sp³-hybridized carbons (Fsp3) is 0.0172. The Labute approximate surface area is 354 Å². The molecule has 3 nitrogen and oxygen atoms in total. The molecule has 12 rings (SSSR count). The Balaban J connectivity index is 0.909. The lowest BCUT2D eigenvalue weighted by molar-refractivity contribution is 0.794. The quantitative estimate of drug-likeness (QED) is 0.163. The molecule has 10 aromatic rings. The van der Waals surface area contributed by atoms with E-state index in [9.17, 15) is 0 Å². The topological polar surface area (TPSA) is 30.1 Å². The summed E-state index contributed by atoms with van der Waals surface area (Å²) in [6.45, 7) is 7.82. The first-order chi connectivity index (χ1) is 30.2. The molecule has 0 bridgehead atoms. The Kier molecular flexibility index (Phi) is 7.82. The van der Waals surface area contributed by atoms with E-state index in [1.165, 1.54) is 44.5 Å². The third-order valence-electron chi connectivity index (χ3n) is 12.8. The van der Waals surface area contributed by atoms with E-state index in [-0.39, 0.29) is 0 Å². The van der Waals surface area contributed by atoms with Gasteiger partial charge in [-0.25, -0.2) is 14.8 Å². The number of hydrogen-bond donors (Lipinski definition) is 0. The second-order valence-electron chi connectivity index (χ2n) is 16.0. The lowest BCUT2D eigenvalue weighted by Crippen LogP contribution is -2.25. The average molecular weight is 774 g/mol.